The molecule has 0 unspecified atom stereocenters. The van der Waals surface area contributed by atoms with Crippen LogP contribution in [-0.2, 0) is 17.9 Å². The van der Waals surface area contributed by atoms with Crippen molar-refractivity contribution in [1.29, 1.82) is 11.1 Å². The minimum Gasteiger partial charge on any atom is -0.289 e. The standard InChI is InChI=1S/C10H6O2.Cl2O2S.H2N3/c11-9-5-1-3-7-8(9)4-2-6-10(7)12;1-5(2,3)4;1-3-2/h1-6H;;1-2H/q;;+1. The molecule has 2 N–H and O–H groups in total. The fourth-order valence-electron chi connectivity index (χ4n) is 1.25. The van der Waals surface area contributed by atoms with E-state index in [9.17, 15) is 9.59 Å². The number of allylic oxidation sites excluding steroid dienone is 8. The third kappa shape index (κ3) is 7.55. The van der Waals surface area contributed by atoms with Crippen LogP contribution in [0.5, 0.6) is 0 Å². The molecule has 0 radical (unpaired) electrons. The Morgan fingerprint density at radius 2 is 1.15 bits per heavy atom. The van der Waals surface area contributed by atoms with Crippen molar-refractivity contribution in [3.63, 3.8) is 0 Å². The fraction of sp³-hybridized carbons (Fsp3) is 0. The molecule has 0 spiro atoms. The van der Waals surface area contributed by atoms with Crippen LogP contribution in [0, 0.1) is 11.1 Å². The van der Waals surface area contributed by atoms with Gasteiger partial charge in [-0.15, -0.1) is 0 Å². The van der Waals surface area contributed by atoms with Crippen LogP contribution in [-0.4, -0.2) is 20.0 Å². The number of hydrogen-bond acceptors (Lipinski definition) is 6. The molecule has 0 aliphatic heterocycles. The molecule has 0 aromatic carbocycles. The Kier molecular flexibility index (Phi) is 7.56. The molecular formula is C10H8Cl2N3O4S+. The number of nitrogens with one attached hydrogen (secondary N) is 2. The van der Waals surface area contributed by atoms with Gasteiger partial charge < -0.3 is 0 Å². The first-order valence-electron chi connectivity index (χ1n) is 4.74. The second-order valence-corrected chi connectivity index (χ2v) is 6.77. The number of carbonyl (C=O) groups excluding carboxylic acids is 2. The van der Waals surface area contributed by atoms with Crippen molar-refractivity contribution in [2.75, 3.05) is 0 Å². The molecule has 0 aromatic rings. The zero-order chi connectivity index (χ0) is 15.8. The lowest BCUT2D eigenvalue weighted by Gasteiger charge is -2.11. The molecule has 0 saturated carbocycles. The molecule has 7 nitrogen and oxygen atoms in total. The number of nitrogens with zero attached hydrogens (tertiary/aromatic N) is 1. The van der Waals surface area contributed by atoms with E-state index in [-0.39, 0.29) is 11.6 Å². The smallest absolute Gasteiger partial charge is 0.289 e. The zero-order valence-electron chi connectivity index (χ0n) is 9.71. The maximum Gasteiger partial charge on any atom is 0.317 e. The zero-order valence-corrected chi connectivity index (χ0v) is 12.0. The fourth-order valence-corrected chi connectivity index (χ4v) is 1.25. The number of ketones is 2. The number of hydrogen-bond donors (Lipinski definition) is 2. The molecule has 20 heavy (non-hydrogen) atoms. The maximum absolute atomic E-state index is 11.2. The van der Waals surface area contributed by atoms with Crippen molar-refractivity contribution in [2.45, 2.75) is 0 Å². The normalized spacial score (nSPS) is 15.5. The lowest BCUT2D eigenvalue weighted by molar-refractivity contribution is -0.114. The largest absolute Gasteiger partial charge is 0.317 e. The molecular weight excluding hydrogens is 329 g/mol. The average molecular weight is 337 g/mol. The summed E-state index contributed by atoms with van der Waals surface area (Å²) < 4.78 is 18.3. The van der Waals surface area contributed by atoms with Crippen LogP contribution in [0.25, 0.3) is 0 Å². The quantitative estimate of drug-likeness (QED) is 0.397. The minimum atomic E-state index is -3.72. The summed E-state index contributed by atoms with van der Waals surface area (Å²) in [5.74, 6) is -0.185. The molecule has 0 saturated heterocycles. The molecule has 2 aliphatic carbocycles. The monoisotopic (exact) mass is 336 g/mol. The van der Waals surface area contributed by atoms with Gasteiger partial charge in [-0.3, -0.25) is 9.59 Å². The lowest BCUT2D eigenvalue weighted by atomic mass is 9.90. The van der Waals surface area contributed by atoms with Crippen LogP contribution < -0.4 is 4.91 Å². The molecule has 0 fully saturated rings. The van der Waals surface area contributed by atoms with E-state index in [1.54, 1.807) is 24.3 Å². The second-order valence-electron chi connectivity index (χ2n) is 3.10. The summed E-state index contributed by atoms with van der Waals surface area (Å²) >= 11 is 0. The topological polar surface area (TPSA) is 130 Å². The Hall–Kier alpha value is -1.86. The Labute approximate surface area is 123 Å². The Morgan fingerprint density at radius 1 is 0.900 bits per heavy atom. The first-order valence-corrected chi connectivity index (χ1v) is 7.87. The summed E-state index contributed by atoms with van der Waals surface area (Å²) in [6.45, 7) is 0. The minimum absolute atomic E-state index is 0.0924. The van der Waals surface area contributed by atoms with E-state index in [4.69, 9.17) is 19.5 Å². The van der Waals surface area contributed by atoms with Crippen molar-refractivity contribution in [2.24, 2.45) is 0 Å². The van der Waals surface area contributed by atoms with Gasteiger partial charge in [-0.2, -0.15) is 8.42 Å². The van der Waals surface area contributed by atoms with Gasteiger partial charge in [0.15, 0.2) is 11.6 Å². The lowest BCUT2D eigenvalue weighted by Crippen LogP contribution is -2.13. The highest BCUT2D eigenvalue weighted by Crippen LogP contribution is 2.21. The van der Waals surface area contributed by atoms with Crippen molar-refractivity contribution in [1.82, 2.24) is 4.91 Å². The van der Waals surface area contributed by atoms with E-state index in [0.29, 0.717) is 11.1 Å². The van der Waals surface area contributed by atoms with E-state index in [1.165, 1.54) is 12.2 Å². The van der Waals surface area contributed by atoms with E-state index in [2.05, 4.69) is 21.4 Å². The van der Waals surface area contributed by atoms with Crippen LogP contribution in [0.15, 0.2) is 47.6 Å². The summed E-state index contributed by atoms with van der Waals surface area (Å²) in [5, 5.41) is 0. The first kappa shape index (κ1) is 18.1. The third-order valence-electron chi connectivity index (χ3n) is 1.84. The van der Waals surface area contributed by atoms with Crippen molar-refractivity contribution >= 4 is 41.2 Å². The Balaban J connectivity index is 0.000000382. The number of carbonyl (C=O) groups is 2. The van der Waals surface area contributed by atoms with Crippen LogP contribution in [0.4, 0.5) is 0 Å². The third-order valence-corrected chi connectivity index (χ3v) is 1.84. The van der Waals surface area contributed by atoms with Gasteiger partial charge in [0.2, 0.25) is 4.91 Å². The van der Waals surface area contributed by atoms with Crippen molar-refractivity contribution < 1.29 is 18.0 Å². The average Bonchev–Trinajstić information content (AvgIpc) is 2.30. The summed E-state index contributed by atoms with van der Waals surface area (Å²) in [4.78, 5) is 24.4. The molecule has 0 amide bonds. The van der Waals surface area contributed by atoms with Gasteiger partial charge in [-0.05, 0) is 12.2 Å². The maximum atomic E-state index is 11.2. The van der Waals surface area contributed by atoms with E-state index in [0.717, 1.165) is 0 Å². The highest BCUT2D eigenvalue weighted by Gasteiger charge is 2.20. The molecule has 0 atom stereocenters. The van der Waals surface area contributed by atoms with Crippen LogP contribution >= 0.6 is 21.4 Å². The van der Waals surface area contributed by atoms with Crippen molar-refractivity contribution in [3.8, 4) is 0 Å². The Morgan fingerprint density at radius 3 is 1.40 bits per heavy atom. The van der Waals surface area contributed by atoms with E-state index in [1.807, 2.05) is 4.91 Å². The van der Waals surface area contributed by atoms with Crippen LogP contribution in [0.1, 0.15) is 0 Å². The van der Waals surface area contributed by atoms with Crippen molar-refractivity contribution in [3.05, 3.63) is 47.6 Å². The molecule has 2 rings (SSSR count). The van der Waals surface area contributed by atoms with Gasteiger partial charge in [0.25, 0.3) is 0 Å². The SMILES string of the molecule is N=[N+]=N.O=C1C=CC=C2C(=O)C=CC=C12.O=S(=O)(Cl)Cl. The van der Waals surface area contributed by atoms with E-state index < -0.39 is 8.26 Å². The number of rotatable bonds is 0. The summed E-state index contributed by atoms with van der Waals surface area (Å²) in [6, 6.07) is 0. The molecule has 0 heterocycles. The number of halogens is 2. The summed E-state index contributed by atoms with van der Waals surface area (Å²) in [7, 11) is 4.81. The predicted octanol–water partition coefficient (Wildman–Crippen LogP) is 1.94. The first-order chi connectivity index (χ1) is 9.20. The van der Waals surface area contributed by atoms with Gasteiger partial charge in [-0.1, -0.05) is 24.3 Å². The molecule has 0 aromatic heterocycles. The van der Waals surface area contributed by atoms with Gasteiger partial charge in [0.05, 0.1) is 0 Å². The van der Waals surface area contributed by atoms with Gasteiger partial charge in [-0.25, -0.2) is 0 Å². The Bertz CT molecular complexity index is 623. The highest BCUT2D eigenvalue weighted by molar-refractivity contribution is 8.31. The number of fused-ring (bicyclic) bond motifs is 1. The molecule has 0 bridgehead atoms. The molecule has 106 valence electrons. The van der Waals surface area contributed by atoms with Crippen LogP contribution in [0.2, 0.25) is 0 Å². The molecule has 10 heteroatoms. The highest BCUT2D eigenvalue weighted by atomic mass is 36.0. The van der Waals surface area contributed by atoms with Gasteiger partial charge >= 0.3 is 8.26 Å². The predicted molar refractivity (Wildman–Crippen MR) is 72.7 cm³/mol. The van der Waals surface area contributed by atoms with Gasteiger partial charge in [0.1, 0.15) is 11.1 Å². The molecule has 2 aliphatic rings. The van der Waals surface area contributed by atoms with Crippen LogP contribution in [0.3, 0.4) is 0 Å². The van der Waals surface area contributed by atoms with Gasteiger partial charge in [0, 0.05) is 32.5 Å². The summed E-state index contributed by atoms with van der Waals surface area (Å²) in [6.07, 6.45) is 9.46. The van der Waals surface area contributed by atoms with E-state index >= 15 is 0 Å². The second kappa shape index (κ2) is 8.34. The summed E-state index contributed by atoms with van der Waals surface area (Å²) in [5.41, 5.74) is 12.0.